The van der Waals surface area contributed by atoms with Crippen LogP contribution in [0.4, 0.5) is 5.69 Å². The highest BCUT2D eigenvalue weighted by atomic mass is 32.2. The molecule has 1 fully saturated rings. The Morgan fingerprint density at radius 3 is 2.56 bits per heavy atom. The van der Waals surface area contributed by atoms with Crippen molar-refractivity contribution in [2.75, 3.05) is 23.9 Å². The van der Waals surface area contributed by atoms with Crippen molar-refractivity contribution in [3.05, 3.63) is 18.2 Å². The molecule has 1 aliphatic rings. The number of carbonyl (C=O) groups excluding carboxylic acids is 1. The van der Waals surface area contributed by atoms with E-state index in [0.717, 1.165) is 0 Å². The maximum atomic E-state index is 13.5. The fourth-order valence-corrected chi connectivity index (χ4v) is 7.13. The standard InChI is InChI=1S/C17H26N2O6S2/c1-5-12(2)19(15-8-9-26(21,22)11-15)27(23,24)17-10-14(18-13(3)20)6-7-16(17)25-4/h6-7,10,12,15H,5,8-9,11H2,1-4H3,(H,18,20)/t12-,15+/m1/s1. The van der Waals surface area contributed by atoms with E-state index in [2.05, 4.69) is 5.32 Å². The second kappa shape index (κ2) is 8.15. The molecule has 27 heavy (non-hydrogen) atoms. The third-order valence-corrected chi connectivity index (χ3v) is 8.47. The lowest BCUT2D eigenvalue weighted by atomic mass is 10.2. The predicted molar refractivity (Wildman–Crippen MR) is 103 cm³/mol. The fraction of sp³-hybridized carbons (Fsp3) is 0.588. The van der Waals surface area contributed by atoms with Gasteiger partial charge in [-0.2, -0.15) is 4.31 Å². The van der Waals surface area contributed by atoms with Crippen LogP contribution in [0, 0.1) is 0 Å². The van der Waals surface area contributed by atoms with E-state index >= 15 is 0 Å². The zero-order valence-corrected chi connectivity index (χ0v) is 17.6. The molecule has 1 aliphatic heterocycles. The van der Waals surface area contributed by atoms with Crippen molar-refractivity contribution in [1.29, 1.82) is 0 Å². The number of anilines is 1. The van der Waals surface area contributed by atoms with Gasteiger partial charge in [0, 0.05) is 24.7 Å². The lowest BCUT2D eigenvalue weighted by molar-refractivity contribution is -0.114. The summed E-state index contributed by atoms with van der Waals surface area (Å²) in [7, 11) is -5.95. The topological polar surface area (TPSA) is 110 Å². The zero-order valence-electron chi connectivity index (χ0n) is 15.9. The lowest BCUT2D eigenvalue weighted by Crippen LogP contribution is -2.46. The molecule has 1 aromatic carbocycles. The van der Waals surface area contributed by atoms with Gasteiger partial charge in [-0.15, -0.1) is 0 Å². The second-order valence-corrected chi connectivity index (χ2v) is 10.7. The molecule has 0 aromatic heterocycles. The van der Waals surface area contributed by atoms with Crippen LogP contribution in [0.5, 0.6) is 5.75 Å². The third kappa shape index (κ3) is 4.80. The van der Waals surface area contributed by atoms with Crippen LogP contribution in [0.1, 0.15) is 33.6 Å². The summed E-state index contributed by atoms with van der Waals surface area (Å²) < 4.78 is 57.3. The van der Waals surface area contributed by atoms with Crippen LogP contribution in [-0.2, 0) is 24.7 Å². The number of hydrogen-bond acceptors (Lipinski definition) is 6. The molecule has 0 spiro atoms. The summed E-state index contributed by atoms with van der Waals surface area (Å²) in [5.74, 6) is -0.407. The van der Waals surface area contributed by atoms with Gasteiger partial charge in [0.2, 0.25) is 15.9 Å². The van der Waals surface area contributed by atoms with Gasteiger partial charge in [-0.3, -0.25) is 4.79 Å². The van der Waals surface area contributed by atoms with E-state index in [1.54, 1.807) is 13.0 Å². The summed E-state index contributed by atoms with van der Waals surface area (Å²) in [6, 6.07) is 3.35. The largest absolute Gasteiger partial charge is 0.495 e. The van der Waals surface area contributed by atoms with Crippen molar-refractivity contribution < 1.29 is 26.4 Å². The molecule has 2 rings (SSSR count). The molecule has 0 bridgehead atoms. The van der Waals surface area contributed by atoms with Gasteiger partial charge < -0.3 is 10.1 Å². The number of sulfone groups is 1. The Balaban J connectivity index is 2.56. The molecule has 1 saturated heterocycles. The molecule has 0 unspecified atom stereocenters. The maximum absolute atomic E-state index is 13.5. The average molecular weight is 419 g/mol. The van der Waals surface area contributed by atoms with Crippen LogP contribution in [0.2, 0.25) is 0 Å². The minimum absolute atomic E-state index is 0.0246. The summed E-state index contributed by atoms with van der Waals surface area (Å²) in [5.41, 5.74) is 0.324. The predicted octanol–water partition coefficient (Wildman–Crippen LogP) is 1.63. The molecule has 1 amide bonds. The van der Waals surface area contributed by atoms with Gasteiger partial charge in [-0.25, -0.2) is 16.8 Å². The Hall–Kier alpha value is -1.65. The summed E-state index contributed by atoms with van der Waals surface area (Å²) in [6.07, 6.45) is 0.795. The lowest BCUT2D eigenvalue weighted by Gasteiger charge is -2.32. The van der Waals surface area contributed by atoms with Gasteiger partial charge >= 0.3 is 0 Å². The molecule has 0 aliphatic carbocycles. The van der Waals surface area contributed by atoms with E-state index in [9.17, 15) is 21.6 Å². The fourth-order valence-electron chi connectivity index (χ4n) is 3.22. The Kier molecular flexibility index (Phi) is 6.54. The number of sulfonamides is 1. The first-order valence-electron chi connectivity index (χ1n) is 8.71. The molecule has 1 N–H and O–H groups in total. The van der Waals surface area contributed by atoms with Crippen molar-refractivity contribution in [2.45, 2.75) is 50.6 Å². The van der Waals surface area contributed by atoms with Crippen molar-refractivity contribution in [3.8, 4) is 5.75 Å². The number of nitrogens with one attached hydrogen (secondary N) is 1. The first-order valence-corrected chi connectivity index (χ1v) is 12.0. The molecule has 10 heteroatoms. The number of methoxy groups -OCH3 is 1. The summed E-state index contributed by atoms with van der Waals surface area (Å²) in [4.78, 5) is 11.2. The van der Waals surface area contributed by atoms with Crippen molar-refractivity contribution >= 4 is 31.5 Å². The highest BCUT2D eigenvalue weighted by Gasteiger charge is 2.42. The van der Waals surface area contributed by atoms with Crippen molar-refractivity contribution in [1.82, 2.24) is 4.31 Å². The molecule has 152 valence electrons. The Labute approximate surface area is 160 Å². The molecule has 1 aromatic rings. The van der Waals surface area contributed by atoms with E-state index in [1.165, 1.54) is 30.5 Å². The molecule has 0 radical (unpaired) electrons. The van der Waals surface area contributed by atoms with E-state index in [0.29, 0.717) is 12.1 Å². The van der Waals surface area contributed by atoms with Gasteiger partial charge in [-0.1, -0.05) is 6.92 Å². The van der Waals surface area contributed by atoms with E-state index < -0.39 is 25.9 Å². The number of benzene rings is 1. The Morgan fingerprint density at radius 2 is 2.07 bits per heavy atom. The van der Waals surface area contributed by atoms with E-state index in [-0.39, 0.29) is 40.5 Å². The van der Waals surface area contributed by atoms with Gasteiger partial charge in [-0.05, 0) is 38.0 Å². The van der Waals surface area contributed by atoms with Crippen LogP contribution in [-0.4, -0.2) is 57.7 Å². The van der Waals surface area contributed by atoms with Gasteiger partial charge in [0.15, 0.2) is 9.84 Å². The molecule has 0 saturated carbocycles. The number of hydrogen-bond donors (Lipinski definition) is 1. The normalized spacial score (nSPS) is 20.4. The number of nitrogens with zero attached hydrogens (tertiary/aromatic N) is 1. The quantitative estimate of drug-likeness (QED) is 0.721. The number of amides is 1. The first-order chi connectivity index (χ1) is 12.5. The zero-order chi connectivity index (χ0) is 20.4. The highest BCUT2D eigenvalue weighted by molar-refractivity contribution is 7.92. The van der Waals surface area contributed by atoms with Crippen molar-refractivity contribution in [2.24, 2.45) is 0 Å². The number of carbonyl (C=O) groups is 1. The summed E-state index contributed by atoms with van der Waals surface area (Å²) >= 11 is 0. The maximum Gasteiger partial charge on any atom is 0.247 e. The van der Waals surface area contributed by atoms with Crippen LogP contribution in [0.15, 0.2) is 23.1 Å². The minimum atomic E-state index is -4.05. The van der Waals surface area contributed by atoms with Crippen LogP contribution >= 0.6 is 0 Å². The van der Waals surface area contributed by atoms with Gasteiger partial charge in [0.05, 0.1) is 18.6 Å². The van der Waals surface area contributed by atoms with E-state index in [1.807, 2.05) is 6.92 Å². The van der Waals surface area contributed by atoms with E-state index in [4.69, 9.17) is 4.74 Å². The third-order valence-electron chi connectivity index (χ3n) is 4.63. The molecular weight excluding hydrogens is 392 g/mol. The number of ether oxygens (including phenoxy) is 1. The smallest absolute Gasteiger partial charge is 0.247 e. The second-order valence-electron chi connectivity index (χ2n) is 6.70. The Bertz CT molecular complexity index is 911. The monoisotopic (exact) mass is 418 g/mol. The Morgan fingerprint density at radius 1 is 1.41 bits per heavy atom. The first kappa shape index (κ1) is 21.6. The number of rotatable bonds is 7. The minimum Gasteiger partial charge on any atom is -0.495 e. The SMILES string of the molecule is CC[C@@H](C)N([C@H]1CCS(=O)(=O)C1)S(=O)(=O)c1cc(NC(C)=O)ccc1OC. The van der Waals surface area contributed by atoms with Crippen molar-refractivity contribution in [3.63, 3.8) is 0 Å². The molecule has 1 heterocycles. The molecular formula is C17H26N2O6S2. The molecule has 2 atom stereocenters. The molecule has 8 nitrogen and oxygen atoms in total. The highest BCUT2D eigenvalue weighted by Crippen LogP contribution is 2.34. The summed E-state index contributed by atoms with van der Waals surface area (Å²) in [6.45, 7) is 4.93. The average Bonchev–Trinajstić information content (AvgIpc) is 2.93. The van der Waals surface area contributed by atoms with Crippen LogP contribution in [0.25, 0.3) is 0 Å². The van der Waals surface area contributed by atoms with Gasteiger partial charge in [0.25, 0.3) is 0 Å². The van der Waals surface area contributed by atoms with Gasteiger partial charge in [0.1, 0.15) is 10.6 Å². The van der Waals surface area contributed by atoms with Crippen LogP contribution in [0.3, 0.4) is 0 Å². The summed E-state index contributed by atoms with van der Waals surface area (Å²) in [5, 5.41) is 2.56. The van der Waals surface area contributed by atoms with Crippen LogP contribution < -0.4 is 10.1 Å².